The first-order valence-electron chi connectivity index (χ1n) is 10.0. The van der Waals surface area contributed by atoms with Crippen LogP contribution in [0.25, 0.3) is 10.9 Å². The zero-order chi connectivity index (χ0) is 19.7. The van der Waals surface area contributed by atoms with Gasteiger partial charge in [0.25, 0.3) is 0 Å². The van der Waals surface area contributed by atoms with E-state index in [4.69, 9.17) is 4.74 Å². The van der Waals surface area contributed by atoms with Crippen molar-refractivity contribution >= 4 is 22.6 Å². The van der Waals surface area contributed by atoms with Crippen LogP contribution in [0.1, 0.15) is 61.3 Å². The van der Waals surface area contributed by atoms with Crippen LogP contribution < -0.4 is 10.7 Å². The second-order valence-electron chi connectivity index (χ2n) is 7.78. The van der Waals surface area contributed by atoms with Gasteiger partial charge >= 0.3 is 5.97 Å². The minimum atomic E-state index is -1.30. The molecule has 0 amide bonds. The molecule has 6 nitrogen and oxygen atoms in total. The molecule has 2 N–H and O–H groups in total. The first kappa shape index (κ1) is 18.9. The van der Waals surface area contributed by atoms with E-state index in [-0.39, 0.29) is 23.0 Å². The lowest BCUT2D eigenvalue weighted by atomic mass is 9.95. The van der Waals surface area contributed by atoms with E-state index < -0.39 is 17.2 Å². The Morgan fingerprint density at radius 1 is 1.18 bits per heavy atom. The molecule has 2 aliphatic rings. The molecule has 150 valence electrons. The summed E-state index contributed by atoms with van der Waals surface area (Å²) in [6.07, 6.45) is 8.51. The van der Waals surface area contributed by atoms with E-state index in [1.807, 2.05) is 0 Å². The fraction of sp³-hybridized carbons (Fsp3) is 0.524. The second-order valence-corrected chi connectivity index (χ2v) is 7.78. The molecule has 2 aromatic rings. The number of benzene rings is 1. The summed E-state index contributed by atoms with van der Waals surface area (Å²) >= 11 is 0. The summed E-state index contributed by atoms with van der Waals surface area (Å²) < 4.78 is 22.1. The van der Waals surface area contributed by atoms with Crippen molar-refractivity contribution in [2.75, 3.05) is 18.5 Å². The lowest BCUT2D eigenvalue weighted by Gasteiger charge is -2.28. The van der Waals surface area contributed by atoms with Crippen molar-refractivity contribution in [2.24, 2.45) is 0 Å². The highest BCUT2D eigenvalue weighted by Gasteiger charge is 2.23. The van der Waals surface area contributed by atoms with Gasteiger partial charge in [-0.25, -0.2) is 9.18 Å². The predicted octanol–water partition coefficient (Wildman–Crippen LogP) is 3.93. The summed E-state index contributed by atoms with van der Waals surface area (Å²) in [5.74, 6) is -1.83. The third-order valence-electron chi connectivity index (χ3n) is 5.85. The van der Waals surface area contributed by atoms with Crippen LogP contribution in [0, 0.1) is 5.82 Å². The van der Waals surface area contributed by atoms with Gasteiger partial charge in [0, 0.05) is 24.2 Å². The highest BCUT2D eigenvalue weighted by Crippen LogP contribution is 2.29. The number of anilines is 1. The summed E-state index contributed by atoms with van der Waals surface area (Å²) in [5, 5.41) is 12.8. The Morgan fingerprint density at radius 3 is 2.64 bits per heavy atom. The van der Waals surface area contributed by atoms with Gasteiger partial charge in [-0.3, -0.25) is 4.79 Å². The van der Waals surface area contributed by atoms with E-state index in [1.54, 1.807) is 10.6 Å². The number of fused-ring (bicyclic) bond motifs is 1. The molecule has 1 saturated heterocycles. The smallest absolute Gasteiger partial charge is 0.341 e. The molecular formula is C21H25FN2O4. The van der Waals surface area contributed by atoms with Gasteiger partial charge in [0.1, 0.15) is 11.4 Å². The standard InChI is InChI=1S/C21H25FN2O4/c22-17-9-15-19(10-18(17)23-13-5-2-1-3-6-13)24(14-7-4-8-28-12-14)11-16(20(15)25)21(26)27/h9-11,13-14,23H,1-8,12H2,(H,26,27). The average Bonchev–Trinajstić information content (AvgIpc) is 2.71. The number of nitrogens with zero attached hydrogens (tertiary/aromatic N) is 1. The number of ether oxygens (including phenoxy) is 1. The van der Waals surface area contributed by atoms with Gasteiger partial charge in [0.15, 0.2) is 0 Å². The first-order chi connectivity index (χ1) is 13.5. The van der Waals surface area contributed by atoms with Gasteiger partial charge < -0.3 is 19.7 Å². The number of aromatic nitrogens is 1. The van der Waals surface area contributed by atoms with Crippen LogP contribution in [0.2, 0.25) is 0 Å². The minimum Gasteiger partial charge on any atom is -0.477 e. The molecule has 0 radical (unpaired) electrons. The number of halogens is 1. The van der Waals surface area contributed by atoms with Crippen molar-refractivity contribution in [1.82, 2.24) is 4.57 Å². The van der Waals surface area contributed by atoms with Crippen molar-refractivity contribution in [3.8, 4) is 0 Å². The van der Waals surface area contributed by atoms with Crippen molar-refractivity contribution in [3.63, 3.8) is 0 Å². The quantitative estimate of drug-likeness (QED) is 0.829. The average molecular weight is 388 g/mol. The Labute approximate surface area is 162 Å². The highest BCUT2D eigenvalue weighted by molar-refractivity contribution is 5.93. The molecule has 7 heteroatoms. The molecule has 4 rings (SSSR count). The molecule has 0 spiro atoms. The van der Waals surface area contributed by atoms with E-state index in [1.165, 1.54) is 18.7 Å². The molecule has 2 fully saturated rings. The monoisotopic (exact) mass is 388 g/mol. The fourth-order valence-electron chi connectivity index (χ4n) is 4.34. The molecule has 1 aromatic carbocycles. The molecule has 1 atom stereocenters. The second kappa shape index (κ2) is 7.91. The number of hydrogen-bond acceptors (Lipinski definition) is 4. The Morgan fingerprint density at radius 2 is 1.96 bits per heavy atom. The summed E-state index contributed by atoms with van der Waals surface area (Å²) in [4.78, 5) is 24.2. The van der Waals surface area contributed by atoms with E-state index in [9.17, 15) is 19.1 Å². The molecule has 1 aromatic heterocycles. The Balaban J connectivity index is 1.83. The summed E-state index contributed by atoms with van der Waals surface area (Å²) in [7, 11) is 0. The Kier molecular flexibility index (Phi) is 5.35. The molecule has 1 unspecified atom stereocenters. The minimum absolute atomic E-state index is 0.0806. The summed E-state index contributed by atoms with van der Waals surface area (Å²) in [5.41, 5.74) is -0.0818. The van der Waals surface area contributed by atoms with Crippen LogP contribution in [0.5, 0.6) is 0 Å². The molecule has 1 aliphatic heterocycles. The molecule has 1 saturated carbocycles. The van der Waals surface area contributed by atoms with Crippen LogP contribution in [0.4, 0.5) is 10.1 Å². The number of rotatable bonds is 4. The molecule has 2 heterocycles. The van der Waals surface area contributed by atoms with Crippen LogP contribution in [-0.2, 0) is 4.74 Å². The normalized spacial score (nSPS) is 21.0. The topological polar surface area (TPSA) is 80.6 Å². The molecule has 1 aliphatic carbocycles. The van der Waals surface area contributed by atoms with Crippen LogP contribution in [-0.4, -0.2) is 34.9 Å². The van der Waals surface area contributed by atoms with Gasteiger partial charge in [-0.05, 0) is 37.8 Å². The van der Waals surface area contributed by atoms with Crippen molar-refractivity contribution in [1.29, 1.82) is 0 Å². The van der Waals surface area contributed by atoms with Crippen molar-refractivity contribution in [3.05, 3.63) is 39.9 Å². The number of nitrogens with one attached hydrogen (secondary N) is 1. The maximum atomic E-state index is 14.8. The van der Waals surface area contributed by atoms with Crippen LogP contribution in [0.3, 0.4) is 0 Å². The van der Waals surface area contributed by atoms with Crippen molar-refractivity contribution in [2.45, 2.75) is 57.0 Å². The largest absolute Gasteiger partial charge is 0.477 e. The zero-order valence-corrected chi connectivity index (χ0v) is 15.7. The third-order valence-corrected chi connectivity index (χ3v) is 5.85. The van der Waals surface area contributed by atoms with Gasteiger partial charge in [0.05, 0.1) is 23.9 Å². The highest BCUT2D eigenvalue weighted by atomic mass is 19.1. The summed E-state index contributed by atoms with van der Waals surface area (Å²) in [6, 6.07) is 2.97. The number of carboxylic acids is 1. The zero-order valence-electron chi connectivity index (χ0n) is 15.7. The maximum absolute atomic E-state index is 14.8. The summed E-state index contributed by atoms with van der Waals surface area (Å²) in [6.45, 7) is 1.11. The third kappa shape index (κ3) is 3.63. The van der Waals surface area contributed by atoms with Gasteiger partial charge in [0.2, 0.25) is 5.43 Å². The van der Waals surface area contributed by atoms with Crippen LogP contribution >= 0.6 is 0 Å². The Hall–Kier alpha value is -2.41. The van der Waals surface area contributed by atoms with E-state index in [0.29, 0.717) is 24.4 Å². The molecule has 28 heavy (non-hydrogen) atoms. The Bertz CT molecular complexity index is 944. The van der Waals surface area contributed by atoms with Crippen molar-refractivity contribution < 1.29 is 19.0 Å². The fourth-order valence-corrected chi connectivity index (χ4v) is 4.34. The van der Waals surface area contributed by atoms with E-state index >= 15 is 0 Å². The number of pyridine rings is 1. The number of carboxylic acid groups (broad SMARTS) is 1. The van der Waals surface area contributed by atoms with Gasteiger partial charge in [-0.1, -0.05) is 19.3 Å². The number of aromatic carboxylic acids is 1. The lowest BCUT2D eigenvalue weighted by molar-refractivity contribution is 0.0597. The molecular weight excluding hydrogens is 363 g/mol. The van der Waals surface area contributed by atoms with E-state index in [2.05, 4.69) is 5.32 Å². The number of hydrogen-bond donors (Lipinski definition) is 2. The van der Waals surface area contributed by atoms with Gasteiger partial charge in [-0.15, -0.1) is 0 Å². The van der Waals surface area contributed by atoms with Crippen LogP contribution in [0.15, 0.2) is 23.1 Å². The van der Waals surface area contributed by atoms with E-state index in [0.717, 1.165) is 38.5 Å². The predicted molar refractivity (Wildman–Crippen MR) is 105 cm³/mol. The SMILES string of the molecule is O=C(O)c1cn(C2CCCOC2)c2cc(NC3CCCCC3)c(F)cc2c1=O. The molecule has 0 bridgehead atoms. The van der Waals surface area contributed by atoms with Gasteiger partial charge in [-0.2, -0.15) is 0 Å². The first-order valence-corrected chi connectivity index (χ1v) is 10.0. The number of carbonyl (C=O) groups is 1. The maximum Gasteiger partial charge on any atom is 0.341 e. The lowest BCUT2D eigenvalue weighted by Crippen LogP contribution is -2.27.